The first-order valence-corrected chi connectivity index (χ1v) is 9.28. The predicted octanol–water partition coefficient (Wildman–Crippen LogP) is 6.18. The van der Waals surface area contributed by atoms with Crippen LogP contribution in [0, 0.1) is 11.8 Å². The molecule has 132 valence electrons. The lowest BCUT2D eigenvalue weighted by Gasteiger charge is -2.34. The molecule has 1 aromatic carbocycles. The molecule has 0 radical (unpaired) electrons. The standard InChI is InChI=1S/C22H32O2/c1-6-8-16-13-20(23)21(22(24)18(16)9-7-2)19-12-15(5)10-11-17(19)14(3)4/h7,9,12-14,17,19,23-24H,6,8,10-11H2,1-5H3/b9-7-/t17-,19+/m0/s1. The van der Waals surface area contributed by atoms with E-state index in [1.54, 1.807) is 0 Å². The second-order valence-corrected chi connectivity index (χ2v) is 7.47. The van der Waals surface area contributed by atoms with E-state index in [1.165, 1.54) is 5.57 Å². The Morgan fingerprint density at radius 3 is 2.58 bits per heavy atom. The van der Waals surface area contributed by atoms with Crippen LogP contribution in [-0.2, 0) is 6.42 Å². The van der Waals surface area contributed by atoms with Gasteiger partial charge >= 0.3 is 0 Å². The van der Waals surface area contributed by atoms with Gasteiger partial charge in [0.05, 0.1) is 0 Å². The Morgan fingerprint density at radius 2 is 2.00 bits per heavy atom. The van der Waals surface area contributed by atoms with Gasteiger partial charge in [0.2, 0.25) is 0 Å². The smallest absolute Gasteiger partial charge is 0.130 e. The van der Waals surface area contributed by atoms with E-state index in [-0.39, 0.29) is 17.4 Å². The van der Waals surface area contributed by atoms with E-state index in [1.807, 2.05) is 25.1 Å². The lowest BCUT2D eigenvalue weighted by molar-refractivity contribution is 0.304. The molecule has 0 bridgehead atoms. The molecule has 1 aliphatic rings. The quantitative estimate of drug-likeness (QED) is 0.634. The molecular formula is C22H32O2. The van der Waals surface area contributed by atoms with E-state index < -0.39 is 0 Å². The van der Waals surface area contributed by atoms with Gasteiger partial charge in [0.1, 0.15) is 11.5 Å². The van der Waals surface area contributed by atoms with Gasteiger partial charge in [0.15, 0.2) is 0 Å². The zero-order valence-corrected chi connectivity index (χ0v) is 15.8. The summed E-state index contributed by atoms with van der Waals surface area (Å²) in [5.74, 6) is 1.54. The van der Waals surface area contributed by atoms with Crippen LogP contribution in [-0.4, -0.2) is 10.2 Å². The van der Waals surface area contributed by atoms with E-state index in [2.05, 4.69) is 33.8 Å². The summed E-state index contributed by atoms with van der Waals surface area (Å²) in [4.78, 5) is 0. The summed E-state index contributed by atoms with van der Waals surface area (Å²) < 4.78 is 0. The molecule has 2 atom stereocenters. The molecule has 0 unspecified atom stereocenters. The first-order chi connectivity index (χ1) is 11.4. The van der Waals surface area contributed by atoms with Crippen molar-refractivity contribution in [3.05, 3.63) is 40.5 Å². The zero-order valence-electron chi connectivity index (χ0n) is 15.8. The molecule has 0 aromatic heterocycles. The summed E-state index contributed by atoms with van der Waals surface area (Å²) in [6, 6.07) is 1.86. The fourth-order valence-electron chi connectivity index (χ4n) is 4.03. The highest BCUT2D eigenvalue weighted by Gasteiger charge is 2.32. The van der Waals surface area contributed by atoms with Crippen LogP contribution in [0.4, 0.5) is 0 Å². The first-order valence-electron chi connectivity index (χ1n) is 9.28. The first kappa shape index (κ1) is 18.6. The number of rotatable bonds is 5. The monoisotopic (exact) mass is 328 g/mol. The number of aromatic hydroxyl groups is 2. The van der Waals surface area contributed by atoms with Crippen molar-refractivity contribution >= 4 is 6.08 Å². The van der Waals surface area contributed by atoms with Gasteiger partial charge in [0.25, 0.3) is 0 Å². The maximum atomic E-state index is 11.0. The molecule has 0 heterocycles. The molecule has 2 rings (SSSR count). The highest BCUT2D eigenvalue weighted by atomic mass is 16.3. The predicted molar refractivity (Wildman–Crippen MR) is 103 cm³/mol. The van der Waals surface area contributed by atoms with Crippen LogP contribution in [0.25, 0.3) is 6.08 Å². The number of phenolic OH excluding ortho intramolecular Hbond substituents is 2. The van der Waals surface area contributed by atoms with Gasteiger partial charge in [-0.1, -0.05) is 51.0 Å². The Hall–Kier alpha value is -1.70. The fraction of sp³-hybridized carbons (Fsp3) is 0.545. The van der Waals surface area contributed by atoms with Crippen molar-refractivity contribution in [2.24, 2.45) is 11.8 Å². The third-order valence-corrected chi connectivity index (χ3v) is 5.28. The van der Waals surface area contributed by atoms with Gasteiger partial charge in [-0.25, -0.2) is 0 Å². The topological polar surface area (TPSA) is 40.5 Å². The van der Waals surface area contributed by atoms with Crippen molar-refractivity contribution in [2.45, 2.75) is 66.2 Å². The molecule has 2 N–H and O–H groups in total. The average Bonchev–Trinajstić information content (AvgIpc) is 2.51. The molecule has 0 fully saturated rings. The minimum Gasteiger partial charge on any atom is -0.507 e. The summed E-state index contributed by atoms with van der Waals surface area (Å²) in [7, 11) is 0. The molecule has 2 heteroatoms. The number of benzene rings is 1. The summed E-state index contributed by atoms with van der Waals surface area (Å²) in [5, 5.41) is 21.7. The number of hydrogen-bond acceptors (Lipinski definition) is 2. The van der Waals surface area contributed by atoms with Crippen LogP contribution in [0.3, 0.4) is 0 Å². The van der Waals surface area contributed by atoms with E-state index in [0.29, 0.717) is 17.4 Å². The van der Waals surface area contributed by atoms with E-state index in [0.717, 1.165) is 36.8 Å². The lowest BCUT2D eigenvalue weighted by Crippen LogP contribution is -2.21. The van der Waals surface area contributed by atoms with Crippen LogP contribution in [0.5, 0.6) is 11.5 Å². The number of allylic oxidation sites excluding steroid dienone is 3. The van der Waals surface area contributed by atoms with E-state index >= 15 is 0 Å². The van der Waals surface area contributed by atoms with E-state index in [9.17, 15) is 10.2 Å². The van der Waals surface area contributed by atoms with Crippen molar-refractivity contribution in [1.29, 1.82) is 0 Å². The van der Waals surface area contributed by atoms with Gasteiger partial charge in [-0.15, -0.1) is 0 Å². The number of aryl methyl sites for hydroxylation is 1. The molecule has 0 amide bonds. The van der Waals surface area contributed by atoms with E-state index in [4.69, 9.17) is 0 Å². The molecule has 2 nitrogen and oxygen atoms in total. The third-order valence-electron chi connectivity index (χ3n) is 5.28. The second-order valence-electron chi connectivity index (χ2n) is 7.47. The highest BCUT2D eigenvalue weighted by molar-refractivity contribution is 5.67. The van der Waals surface area contributed by atoms with Gasteiger partial charge in [0, 0.05) is 17.0 Å². The Morgan fingerprint density at radius 1 is 1.29 bits per heavy atom. The largest absolute Gasteiger partial charge is 0.507 e. The SMILES string of the molecule is C/C=C\c1c(CCC)cc(O)c([C@@H]2C=C(C)CC[C@H]2C(C)C)c1O. The summed E-state index contributed by atoms with van der Waals surface area (Å²) in [6.07, 6.45) is 10.2. The van der Waals surface area contributed by atoms with Crippen LogP contribution in [0.15, 0.2) is 23.8 Å². The minimum atomic E-state index is 0.0819. The minimum absolute atomic E-state index is 0.0819. The molecule has 0 saturated carbocycles. The summed E-state index contributed by atoms with van der Waals surface area (Å²) in [6.45, 7) is 10.7. The van der Waals surface area contributed by atoms with Crippen molar-refractivity contribution in [3.8, 4) is 11.5 Å². The average molecular weight is 328 g/mol. The maximum Gasteiger partial charge on any atom is 0.130 e. The third kappa shape index (κ3) is 3.68. The van der Waals surface area contributed by atoms with Crippen LogP contribution in [0.1, 0.15) is 76.5 Å². The Kier molecular flexibility index (Phi) is 6.15. The highest BCUT2D eigenvalue weighted by Crippen LogP contribution is 2.48. The maximum absolute atomic E-state index is 11.0. The Labute approximate surface area is 146 Å². The molecule has 24 heavy (non-hydrogen) atoms. The number of hydrogen-bond donors (Lipinski definition) is 2. The Bertz CT molecular complexity index is 638. The van der Waals surface area contributed by atoms with Gasteiger partial charge < -0.3 is 10.2 Å². The van der Waals surface area contributed by atoms with Gasteiger partial charge in [-0.2, -0.15) is 0 Å². The molecule has 0 saturated heterocycles. The number of phenols is 2. The molecule has 1 aliphatic carbocycles. The molecular weight excluding hydrogens is 296 g/mol. The van der Waals surface area contributed by atoms with Crippen LogP contribution < -0.4 is 0 Å². The molecule has 0 aliphatic heterocycles. The fourth-order valence-corrected chi connectivity index (χ4v) is 4.03. The van der Waals surface area contributed by atoms with Gasteiger partial charge in [-0.3, -0.25) is 0 Å². The summed E-state index contributed by atoms with van der Waals surface area (Å²) >= 11 is 0. The van der Waals surface area contributed by atoms with Crippen molar-refractivity contribution in [3.63, 3.8) is 0 Å². The van der Waals surface area contributed by atoms with Gasteiger partial charge in [-0.05, 0) is 56.6 Å². The van der Waals surface area contributed by atoms with Crippen LogP contribution in [0.2, 0.25) is 0 Å². The van der Waals surface area contributed by atoms with Crippen LogP contribution >= 0.6 is 0 Å². The van der Waals surface area contributed by atoms with Crippen molar-refractivity contribution in [1.82, 2.24) is 0 Å². The molecule has 0 spiro atoms. The van der Waals surface area contributed by atoms with Crippen molar-refractivity contribution in [2.75, 3.05) is 0 Å². The van der Waals surface area contributed by atoms with Crippen molar-refractivity contribution < 1.29 is 10.2 Å². The molecule has 1 aromatic rings. The normalized spacial score (nSPS) is 21.5. The lowest BCUT2D eigenvalue weighted by atomic mass is 9.71. The second kappa shape index (κ2) is 7.92. The zero-order chi connectivity index (χ0) is 17.9. The summed E-state index contributed by atoms with van der Waals surface area (Å²) in [5.41, 5.74) is 3.94. The Balaban J connectivity index is 2.64.